The van der Waals surface area contributed by atoms with E-state index in [4.69, 9.17) is 4.74 Å². The molecular formula is C11H14O4. The van der Waals surface area contributed by atoms with Gasteiger partial charge in [-0.25, -0.2) is 0 Å². The maximum atomic E-state index is 11.9. The van der Waals surface area contributed by atoms with Crippen molar-refractivity contribution < 1.29 is 19.4 Å². The molecule has 4 heteroatoms. The number of hydrogen-bond donors (Lipinski definition) is 1. The largest absolute Gasteiger partial charge is 0.481 e. The second-order valence-electron chi connectivity index (χ2n) is 5.30. The Kier molecular flexibility index (Phi) is 1.45. The number of methoxy groups -OCH3 is 1. The summed E-state index contributed by atoms with van der Waals surface area (Å²) in [4.78, 5) is 23.3. The molecule has 0 aliphatic heterocycles. The van der Waals surface area contributed by atoms with Crippen LogP contribution in [0.5, 0.6) is 0 Å². The van der Waals surface area contributed by atoms with Gasteiger partial charge in [-0.05, 0) is 37.5 Å². The van der Waals surface area contributed by atoms with Crippen LogP contribution in [0.1, 0.15) is 25.7 Å². The van der Waals surface area contributed by atoms with Crippen LogP contribution in [0.2, 0.25) is 0 Å². The fourth-order valence-corrected chi connectivity index (χ4v) is 4.49. The number of carbonyl (C=O) groups excluding carboxylic acids is 1. The fraction of sp³-hybridized carbons (Fsp3) is 0.818. The van der Waals surface area contributed by atoms with Gasteiger partial charge in [0.25, 0.3) is 0 Å². The molecule has 2 unspecified atom stereocenters. The van der Waals surface area contributed by atoms with Crippen LogP contribution in [-0.4, -0.2) is 24.2 Å². The Bertz CT molecular complexity index is 346. The van der Waals surface area contributed by atoms with Crippen molar-refractivity contribution in [3.63, 3.8) is 0 Å². The molecule has 82 valence electrons. The highest BCUT2D eigenvalue weighted by Crippen LogP contribution is 2.76. The van der Waals surface area contributed by atoms with E-state index >= 15 is 0 Å². The summed E-state index contributed by atoms with van der Waals surface area (Å²) in [5, 5.41) is 9.39. The highest BCUT2D eigenvalue weighted by atomic mass is 16.5. The van der Waals surface area contributed by atoms with Crippen molar-refractivity contribution in [1.82, 2.24) is 0 Å². The Labute approximate surface area is 87.6 Å². The number of carbonyl (C=O) groups is 2. The molecule has 4 bridgehead atoms. The highest BCUT2D eigenvalue weighted by Gasteiger charge is 2.78. The molecule has 4 nitrogen and oxygen atoms in total. The Morgan fingerprint density at radius 2 is 1.60 bits per heavy atom. The smallest absolute Gasteiger partial charge is 0.312 e. The van der Waals surface area contributed by atoms with E-state index < -0.39 is 16.8 Å². The Balaban J connectivity index is 2.10. The van der Waals surface area contributed by atoms with Crippen LogP contribution in [0.3, 0.4) is 0 Å². The molecule has 0 radical (unpaired) electrons. The second kappa shape index (κ2) is 2.36. The van der Waals surface area contributed by atoms with Gasteiger partial charge in [-0.1, -0.05) is 0 Å². The number of carboxylic acids is 1. The fourth-order valence-electron chi connectivity index (χ4n) is 4.49. The lowest BCUT2D eigenvalue weighted by Crippen LogP contribution is -2.45. The van der Waals surface area contributed by atoms with Gasteiger partial charge < -0.3 is 9.84 Å². The van der Waals surface area contributed by atoms with E-state index in [1.54, 1.807) is 0 Å². The molecule has 1 N–H and O–H groups in total. The third kappa shape index (κ3) is 0.734. The monoisotopic (exact) mass is 210 g/mol. The van der Waals surface area contributed by atoms with E-state index in [2.05, 4.69) is 0 Å². The first-order chi connectivity index (χ1) is 7.06. The molecular weight excluding hydrogens is 196 g/mol. The van der Waals surface area contributed by atoms with Crippen molar-refractivity contribution in [3.8, 4) is 0 Å². The predicted molar refractivity (Wildman–Crippen MR) is 50.0 cm³/mol. The van der Waals surface area contributed by atoms with Gasteiger partial charge >= 0.3 is 11.9 Å². The van der Waals surface area contributed by atoms with Crippen LogP contribution in [0.4, 0.5) is 0 Å². The molecule has 0 spiro atoms. The van der Waals surface area contributed by atoms with Crippen LogP contribution in [0.15, 0.2) is 0 Å². The number of carboxylic acid groups (broad SMARTS) is 1. The number of hydrogen-bond acceptors (Lipinski definition) is 3. The molecule has 2 atom stereocenters. The molecule has 4 fully saturated rings. The molecule has 15 heavy (non-hydrogen) atoms. The minimum atomic E-state index is -0.796. The first-order valence-corrected chi connectivity index (χ1v) is 5.37. The van der Waals surface area contributed by atoms with Gasteiger partial charge in [-0.3, -0.25) is 9.59 Å². The molecule has 0 aromatic heterocycles. The minimum absolute atomic E-state index is 0.299. The topological polar surface area (TPSA) is 63.6 Å². The Hall–Kier alpha value is -1.06. The quantitative estimate of drug-likeness (QED) is 0.692. The van der Waals surface area contributed by atoms with Crippen molar-refractivity contribution in [2.45, 2.75) is 25.7 Å². The maximum absolute atomic E-state index is 11.9. The van der Waals surface area contributed by atoms with Crippen LogP contribution in [-0.2, 0) is 14.3 Å². The van der Waals surface area contributed by atoms with Gasteiger partial charge in [0, 0.05) is 0 Å². The summed E-state index contributed by atoms with van der Waals surface area (Å²) in [7, 11) is 1.36. The maximum Gasteiger partial charge on any atom is 0.312 e. The van der Waals surface area contributed by atoms with Crippen LogP contribution in [0, 0.1) is 22.7 Å². The summed E-state index contributed by atoms with van der Waals surface area (Å²) in [6.07, 6.45) is 2.83. The summed E-state index contributed by atoms with van der Waals surface area (Å²) in [6, 6.07) is 0. The second-order valence-corrected chi connectivity index (χ2v) is 5.30. The third-order valence-corrected chi connectivity index (χ3v) is 5.01. The molecule has 4 saturated carbocycles. The predicted octanol–water partition coefficient (Wildman–Crippen LogP) is 1.05. The first-order valence-electron chi connectivity index (χ1n) is 5.37. The van der Waals surface area contributed by atoms with E-state index in [0.29, 0.717) is 24.7 Å². The van der Waals surface area contributed by atoms with E-state index in [-0.39, 0.29) is 5.97 Å². The van der Waals surface area contributed by atoms with Crippen molar-refractivity contribution in [3.05, 3.63) is 0 Å². The third-order valence-electron chi connectivity index (χ3n) is 5.01. The number of aliphatic carboxylic acids is 1. The van der Waals surface area contributed by atoms with Crippen LogP contribution >= 0.6 is 0 Å². The minimum Gasteiger partial charge on any atom is -0.481 e. The standard InChI is InChI=1S/C11H14O4/c1-15-9(14)11-4-6-2-10(11,8(12)13)3-7(6)5-11/h6-7H,2-5H2,1H3,(H,12,13). The lowest BCUT2D eigenvalue weighted by molar-refractivity contribution is -0.170. The molecule has 0 aromatic carbocycles. The van der Waals surface area contributed by atoms with Gasteiger partial charge in [0.05, 0.1) is 17.9 Å². The van der Waals surface area contributed by atoms with E-state index in [1.165, 1.54) is 7.11 Å². The first kappa shape index (κ1) is 9.19. The van der Waals surface area contributed by atoms with Gasteiger partial charge in [0.2, 0.25) is 0 Å². The number of rotatable bonds is 2. The van der Waals surface area contributed by atoms with E-state index in [0.717, 1.165) is 12.8 Å². The number of ether oxygens (including phenoxy) is 1. The SMILES string of the molecule is COC(=O)C12CC3CC1(C(=O)O)CC3C2. The van der Waals surface area contributed by atoms with Gasteiger partial charge in [0.15, 0.2) is 0 Å². The highest BCUT2D eigenvalue weighted by molar-refractivity contribution is 5.90. The van der Waals surface area contributed by atoms with Crippen molar-refractivity contribution in [2.75, 3.05) is 7.11 Å². The zero-order chi connectivity index (χ0) is 10.8. The summed E-state index contributed by atoms with van der Waals surface area (Å²) >= 11 is 0. The average molecular weight is 210 g/mol. The summed E-state index contributed by atoms with van der Waals surface area (Å²) in [5.74, 6) is -0.205. The van der Waals surface area contributed by atoms with E-state index in [1.807, 2.05) is 0 Å². The molecule has 0 amide bonds. The van der Waals surface area contributed by atoms with Gasteiger partial charge in [-0.15, -0.1) is 0 Å². The van der Waals surface area contributed by atoms with Crippen molar-refractivity contribution in [1.29, 1.82) is 0 Å². The normalized spacial score (nSPS) is 49.9. The lowest BCUT2D eigenvalue weighted by atomic mass is 9.68. The van der Waals surface area contributed by atoms with Crippen molar-refractivity contribution in [2.24, 2.45) is 22.7 Å². The zero-order valence-corrected chi connectivity index (χ0v) is 8.66. The van der Waals surface area contributed by atoms with Gasteiger partial charge in [-0.2, -0.15) is 0 Å². The number of esters is 1. The van der Waals surface area contributed by atoms with Crippen LogP contribution < -0.4 is 0 Å². The molecule has 0 heterocycles. The van der Waals surface area contributed by atoms with Crippen LogP contribution in [0.25, 0.3) is 0 Å². The molecule has 0 aromatic rings. The molecule has 0 saturated heterocycles. The van der Waals surface area contributed by atoms with Crippen molar-refractivity contribution >= 4 is 11.9 Å². The van der Waals surface area contributed by atoms with E-state index in [9.17, 15) is 14.7 Å². The summed E-state index contributed by atoms with van der Waals surface area (Å²) < 4.78 is 4.83. The molecule has 4 rings (SSSR count). The Morgan fingerprint density at radius 3 is 2.00 bits per heavy atom. The van der Waals surface area contributed by atoms with Gasteiger partial charge in [0.1, 0.15) is 0 Å². The molecule has 4 aliphatic rings. The summed E-state index contributed by atoms with van der Waals surface area (Å²) in [5.41, 5.74) is -1.49. The lowest BCUT2D eigenvalue weighted by Gasteiger charge is -2.34. The summed E-state index contributed by atoms with van der Waals surface area (Å²) in [6.45, 7) is 0. The molecule has 4 aliphatic carbocycles. The Morgan fingerprint density at radius 1 is 1.13 bits per heavy atom. The zero-order valence-electron chi connectivity index (χ0n) is 8.66. The average Bonchev–Trinajstić information content (AvgIpc) is 2.85.